The van der Waals surface area contributed by atoms with E-state index >= 15 is 0 Å². The first-order valence-electron chi connectivity index (χ1n) is 8.72. The lowest BCUT2D eigenvalue weighted by molar-refractivity contribution is -0.124. The largest absolute Gasteiger partial charge is 0.396 e. The molecule has 1 aliphatic rings. The minimum Gasteiger partial charge on any atom is -0.396 e. The molecule has 0 saturated heterocycles. The van der Waals surface area contributed by atoms with Crippen LogP contribution in [0.2, 0.25) is 0 Å². The molecule has 1 aromatic rings. The molecule has 6 heteroatoms. The lowest BCUT2D eigenvalue weighted by Crippen LogP contribution is -2.59. The fourth-order valence-electron chi connectivity index (χ4n) is 2.55. The van der Waals surface area contributed by atoms with Gasteiger partial charge in [-0.1, -0.05) is 11.8 Å². The number of Topliss-reactive ketones (excluding diaryl/α,β-unsaturated/α-hetero) is 1. The molecule has 0 bridgehead atoms. The van der Waals surface area contributed by atoms with Crippen LogP contribution in [-0.4, -0.2) is 46.7 Å². The Hall–Kier alpha value is -2.64. The van der Waals surface area contributed by atoms with Crippen LogP contribution in [0.1, 0.15) is 36.2 Å². The Morgan fingerprint density at radius 1 is 1.26 bits per heavy atom. The second-order valence-electron chi connectivity index (χ2n) is 7.23. The van der Waals surface area contributed by atoms with E-state index in [1.54, 1.807) is 38.1 Å². The molecule has 142 valence electrons. The Balaban J connectivity index is 2.00. The zero-order valence-electron chi connectivity index (χ0n) is 15.5. The molecule has 1 amide bonds. The topological polar surface area (TPSA) is 113 Å². The highest BCUT2D eigenvalue weighted by molar-refractivity contribution is 5.98. The van der Waals surface area contributed by atoms with Crippen molar-refractivity contribution >= 4 is 11.7 Å². The summed E-state index contributed by atoms with van der Waals surface area (Å²) in [7, 11) is 0. The third kappa shape index (κ3) is 5.94. The molecule has 1 aromatic carbocycles. The molecular formula is C21H24N2O4. The molecular weight excluding hydrogens is 344 g/mol. The first kappa shape index (κ1) is 20.7. The number of aliphatic hydroxyl groups is 2. The van der Waals surface area contributed by atoms with Gasteiger partial charge in [0.15, 0.2) is 5.78 Å². The summed E-state index contributed by atoms with van der Waals surface area (Å²) < 4.78 is 0. The number of hydrogen-bond acceptors (Lipinski definition) is 5. The lowest BCUT2D eigenvalue weighted by Gasteiger charge is -2.29. The first-order chi connectivity index (χ1) is 12.8. The summed E-state index contributed by atoms with van der Waals surface area (Å²) in [6, 6.07) is 5.58. The monoisotopic (exact) mass is 368 g/mol. The van der Waals surface area contributed by atoms with E-state index in [1.807, 2.05) is 0 Å². The van der Waals surface area contributed by atoms with Gasteiger partial charge in [-0.3, -0.25) is 9.59 Å². The van der Waals surface area contributed by atoms with Gasteiger partial charge in [-0.05, 0) is 62.3 Å². The maximum atomic E-state index is 12.4. The predicted molar refractivity (Wildman–Crippen MR) is 101 cm³/mol. The highest BCUT2D eigenvalue weighted by atomic mass is 16.3. The molecule has 2 rings (SSSR count). The van der Waals surface area contributed by atoms with Crippen LogP contribution in [0.5, 0.6) is 0 Å². The Labute approximate surface area is 159 Å². The van der Waals surface area contributed by atoms with Crippen molar-refractivity contribution in [3.63, 3.8) is 0 Å². The second-order valence-corrected chi connectivity index (χ2v) is 7.23. The normalized spacial score (nSPS) is 19.0. The van der Waals surface area contributed by atoms with Crippen molar-refractivity contribution in [2.24, 2.45) is 17.6 Å². The van der Waals surface area contributed by atoms with Gasteiger partial charge in [-0.2, -0.15) is 0 Å². The van der Waals surface area contributed by atoms with E-state index in [-0.39, 0.29) is 18.4 Å². The number of benzene rings is 1. The molecule has 0 heterocycles. The molecule has 27 heavy (non-hydrogen) atoms. The van der Waals surface area contributed by atoms with Crippen molar-refractivity contribution < 1.29 is 19.8 Å². The number of carbonyl (C=O) groups is 2. The summed E-state index contributed by atoms with van der Waals surface area (Å²) in [6.07, 6.45) is 0.925. The van der Waals surface area contributed by atoms with E-state index in [4.69, 9.17) is 15.9 Å². The number of aliphatic hydroxyl groups excluding tert-OH is 2. The Bertz CT molecular complexity index is 816. The second kappa shape index (κ2) is 8.83. The van der Waals surface area contributed by atoms with Gasteiger partial charge in [-0.25, -0.2) is 0 Å². The van der Waals surface area contributed by atoms with E-state index in [2.05, 4.69) is 29.0 Å². The third-order valence-electron chi connectivity index (χ3n) is 4.33. The summed E-state index contributed by atoms with van der Waals surface area (Å²) in [4.78, 5) is 24.2. The predicted octanol–water partition coefficient (Wildman–Crippen LogP) is 0.0670. The van der Waals surface area contributed by atoms with Crippen molar-refractivity contribution in [3.8, 4) is 23.7 Å². The van der Waals surface area contributed by atoms with Crippen LogP contribution < -0.4 is 11.1 Å². The van der Waals surface area contributed by atoms with Gasteiger partial charge in [0.1, 0.15) is 12.6 Å². The maximum Gasteiger partial charge on any atom is 0.251 e. The minimum absolute atomic E-state index is 0.169. The number of amides is 1. The highest BCUT2D eigenvalue weighted by Crippen LogP contribution is 2.36. The van der Waals surface area contributed by atoms with Gasteiger partial charge in [0.2, 0.25) is 0 Å². The number of rotatable bonds is 6. The summed E-state index contributed by atoms with van der Waals surface area (Å²) in [6.45, 7) is 2.69. The maximum absolute atomic E-state index is 12.4. The zero-order chi connectivity index (χ0) is 20.0. The lowest BCUT2D eigenvalue weighted by atomic mass is 9.92. The molecule has 1 unspecified atom stereocenters. The van der Waals surface area contributed by atoms with Crippen LogP contribution >= 0.6 is 0 Å². The highest BCUT2D eigenvalue weighted by Gasteiger charge is 2.34. The van der Waals surface area contributed by atoms with Crippen molar-refractivity contribution in [2.45, 2.75) is 31.8 Å². The Morgan fingerprint density at radius 2 is 1.93 bits per heavy atom. The standard InChI is InChI=1S/C21H24N2O4/c1-21(2,22)19(18(26)13-25)23-20(27)15-9-7-14(8-10-15)5-3-4-6-16-11-17(16)12-24/h7-10,16-17,19,24-25H,11-13,22H2,1-2H3,(H,23,27)/t16?,17-,19-/m1/s1. The Morgan fingerprint density at radius 3 is 2.44 bits per heavy atom. The molecule has 1 fully saturated rings. The number of nitrogens with two attached hydrogens (primary N) is 1. The van der Waals surface area contributed by atoms with Gasteiger partial charge < -0.3 is 21.3 Å². The van der Waals surface area contributed by atoms with E-state index in [0.717, 1.165) is 6.42 Å². The number of carbonyl (C=O) groups excluding carboxylic acids is 2. The molecule has 0 aliphatic heterocycles. The zero-order valence-corrected chi connectivity index (χ0v) is 15.5. The van der Waals surface area contributed by atoms with E-state index < -0.39 is 29.9 Å². The number of ketones is 1. The van der Waals surface area contributed by atoms with Crippen molar-refractivity contribution in [2.75, 3.05) is 13.2 Å². The number of hydrogen-bond donors (Lipinski definition) is 4. The minimum atomic E-state index is -1.00. The van der Waals surface area contributed by atoms with Crippen molar-refractivity contribution in [1.82, 2.24) is 5.32 Å². The molecule has 0 aromatic heterocycles. The van der Waals surface area contributed by atoms with E-state index in [0.29, 0.717) is 11.1 Å². The van der Waals surface area contributed by atoms with Gasteiger partial charge in [-0.15, -0.1) is 0 Å². The number of nitrogens with one attached hydrogen (secondary N) is 1. The van der Waals surface area contributed by atoms with Gasteiger partial charge in [0.05, 0.1) is 0 Å². The first-order valence-corrected chi connectivity index (χ1v) is 8.72. The Kier molecular flexibility index (Phi) is 6.76. The van der Waals surface area contributed by atoms with Crippen LogP contribution in [-0.2, 0) is 4.79 Å². The van der Waals surface area contributed by atoms with Crippen LogP contribution in [0.3, 0.4) is 0 Å². The van der Waals surface area contributed by atoms with Crippen LogP contribution in [0, 0.1) is 35.5 Å². The quantitative estimate of drug-likeness (QED) is 0.531. The average Bonchev–Trinajstić information content (AvgIpc) is 3.40. The van der Waals surface area contributed by atoms with Gasteiger partial charge in [0.25, 0.3) is 5.91 Å². The molecule has 5 N–H and O–H groups in total. The van der Waals surface area contributed by atoms with Gasteiger partial charge >= 0.3 is 0 Å². The van der Waals surface area contributed by atoms with Crippen LogP contribution in [0.15, 0.2) is 24.3 Å². The van der Waals surface area contributed by atoms with Gasteiger partial charge in [0, 0.05) is 29.2 Å². The fraction of sp³-hybridized carbons (Fsp3) is 0.429. The van der Waals surface area contributed by atoms with Crippen molar-refractivity contribution in [1.29, 1.82) is 0 Å². The molecule has 0 radical (unpaired) electrons. The van der Waals surface area contributed by atoms with Crippen LogP contribution in [0.4, 0.5) is 0 Å². The van der Waals surface area contributed by atoms with Crippen LogP contribution in [0.25, 0.3) is 0 Å². The molecule has 3 atom stereocenters. The van der Waals surface area contributed by atoms with E-state index in [9.17, 15) is 9.59 Å². The molecule has 0 spiro atoms. The summed E-state index contributed by atoms with van der Waals surface area (Å²) in [5.41, 5.74) is 5.99. The van der Waals surface area contributed by atoms with E-state index in [1.165, 1.54) is 0 Å². The summed E-state index contributed by atoms with van der Waals surface area (Å²) in [5, 5.41) is 20.6. The fourth-order valence-corrected chi connectivity index (χ4v) is 2.55. The third-order valence-corrected chi connectivity index (χ3v) is 4.33. The molecule has 1 aliphatic carbocycles. The smallest absolute Gasteiger partial charge is 0.251 e. The SMILES string of the molecule is CC(C)(N)[C@H](NC(=O)c1ccc(C#CC#CC2C[C@@H]2CO)cc1)C(=O)CO. The summed E-state index contributed by atoms with van der Waals surface area (Å²) >= 11 is 0. The molecule has 6 nitrogen and oxygen atoms in total. The molecule has 1 saturated carbocycles. The average molecular weight is 368 g/mol. The van der Waals surface area contributed by atoms with Crippen molar-refractivity contribution in [3.05, 3.63) is 35.4 Å². The summed E-state index contributed by atoms with van der Waals surface area (Å²) in [5.74, 6) is 11.0.